The van der Waals surface area contributed by atoms with Crippen LogP contribution < -0.4 is 0 Å². The van der Waals surface area contributed by atoms with Crippen LogP contribution in [0.4, 0.5) is 0 Å². The first kappa shape index (κ1) is 4.51. The fraction of sp³-hybridized carbons (Fsp3) is 1.00. The van der Waals surface area contributed by atoms with E-state index in [1.807, 2.05) is 0 Å². The summed E-state index contributed by atoms with van der Waals surface area (Å²) in [5.74, 6) is 2.86. The van der Waals surface area contributed by atoms with Gasteiger partial charge in [0.25, 0.3) is 0 Å². The van der Waals surface area contributed by atoms with Crippen LogP contribution in [0.5, 0.6) is 0 Å². The highest BCUT2D eigenvalue weighted by molar-refractivity contribution is 7.80. The summed E-state index contributed by atoms with van der Waals surface area (Å²) in [6.07, 6.45) is 1.39. The van der Waals surface area contributed by atoms with Crippen LogP contribution in [0.1, 0.15) is 13.3 Å². The third-order valence-corrected chi connectivity index (χ3v) is 1.92. The summed E-state index contributed by atoms with van der Waals surface area (Å²) in [5.41, 5.74) is 0. The van der Waals surface area contributed by atoms with Crippen molar-refractivity contribution in [2.75, 3.05) is 5.75 Å². The van der Waals surface area contributed by atoms with Crippen molar-refractivity contribution in [3.05, 3.63) is 0 Å². The van der Waals surface area contributed by atoms with Gasteiger partial charge in [0.1, 0.15) is 0 Å². The van der Waals surface area contributed by atoms with Gasteiger partial charge in [-0.25, -0.2) is 0 Å². The molecule has 0 aromatic rings. The molecule has 1 aliphatic rings. The molecule has 1 rings (SSSR count). The van der Waals surface area contributed by atoms with E-state index in [-0.39, 0.29) is 0 Å². The van der Waals surface area contributed by atoms with Crippen molar-refractivity contribution in [1.82, 2.24) is 0 Å². The van der Waals surface area contributed by atoms with Crippen LogP contribution in [0.3, 0.4) is 0 Å². The lowest BCUT2D eigenvalue weighted by molar-refractivity contribution is 0.847. The molecule has 2 atom stereocenters. The van der Waals surface area contributed by atoms with E-state index in [9.17, 15) is 0 Å². The van der Waals surface area contributed by atoms with E-state index in [4.69, 9.17) is 12.6 Å². The van der Waals surface area contributed by atoms with Crippen LogP contribution in [0.25, 0.3) is 0 Å². The number of hydrogen-bond donors (Lipinski definition) is 0. The van der Waals surface area contributed by atoms with Gasteiger partial charge in [-0.1, -0.05) is 19.6 Å². The lowest BCUT2D eigenvalue weighted by Crippen LogP contribution is -1.74. The summed E-state index contributed by atoms with van der Waals surface area (Å²) in [6.45, 7) is 2.26. The van der Waals surface area contributed by atoms with E-state index in [1.165, 1.54) is 6.42 Å². The highest BCUT2D eigenvalue weighted by atomic mass is 32.1. The molecule has 0 amide bonds. The normalized spacial score (nSPS) is 43.0. The van der Waals surface area contributed by atoms with Gasteiger partial charge in [0.05, 0.1) is 0 Å². The Morgan fingerprint density at radius 1 is 1.83 bits per heavy atom. The van der Waals surface area contributed by atoms with Crippen molar-refractivity contribution in [3.8, 4) is 0 Å². The molecule has 1 radical (unpaired) electrons. The molecule has 0 aliphatic heterocycles. The highest BCUT2D eigenvalue weighted by Gasteiger charge is 2.30. The van der Waals surface area contributed by atoms with Gasteiger partial charge in [0, 0.05) is 5.75 Å². The maximum absolute atomic E-state index is 4.82. The van der Waals surface area contributed by atoms with Crippen LogP contribution >= 0.6 is 12.6 Å². The Morgan fingerprint density at radius 2 is 2.33 bits per heavy atom. The first-order valence-electron chi connectivity index (χ1n) is 2.42. The zero-order valence-electron chi connectivity index (χ0n) is 3.98. The summed E-state index contributed by atoms with van der Waals surface area (Å²) in [4.78, 5) is 0. The number of hydrogen-bond acceptors (Lipinski definition) is 0. The zero-order valence-corrected chi connectivity index (χ0v) is 4.79. The van der Waals surface area contributed by atoms with Gasteiger partial charge >= 0.3 is 0 Å². The Balaban J connectivity index is 2.09. The highest BCUT2D eigenvalue weighted by Crippen LogP contribution is 2.37. The number of rotatable bonds is 1. The monoisotopic (exact) mass is 101 g/mol. The fourth-order valence-corrected chi connectivity index (χ4v) is 1.10. The quantitative estimate of drug-likeness (QED) is 0.473. The molecular formula is C5H9S. The molecule has 0 saturated heterocycles. The first-order chi connectivity index (χ1) is 2.84. The SMILES string of the molecule is CC1CC1C[S]. The molecule has 0 heterocycles. The van der Waals surface area contributed by atoms with Crippen molar-refractivity contribution < 1.29 is 0 Å². The molecule has 1 aliphatic carbocycles. The summed E-state index contributed by atoms with van der Waals surface area (Å²) in [6, 6.07) is 0. The maximum Gasteiger partial charge on any atom is 0.00679 e. The molecule has 0 bridgehead atoms. The van der Waals surface area contributed by atoms with E-state index in [0.29, 0.717) is 0 Å². The molecule has 0 aromatic heterocycles. The van der Waals surface area contributed by atoms with E-state index < -0.39 is 0 Å². The van der Waals surface area contributed by atoms with Gasteiger partial charge in [-0.05, 0) is 18.3 Å². The summed E-state index contributed by atoms with van der Waals surface area (Å²) in [5, 5.41) is 0. The molecule has 2 unspecified atom stereocenters. The second-order valence-electron chi connectivity index (χ2n) is 2.14. The molecule has 0 N–H and O–H groups in total. The van der Waals surface area contributed by atoms with Crippen molar-refractivity contribution in [1.29, 1.82) is 0 Å². The molecule has 35 valence electrons. The Hall–Kier alpha value is 0.350. The van der Waals surface area contributed by atoms with Crippen molar-refractivity contribution in [3.63, 3.8) is 0 Å². The Morgan fingerprint density at radius 3 is 2.33 bits per heavy atom. The standard InChI is InChI=1S/C5H9S/c1-4-2-5(4)3-6/h4-5H,2-3H2,1H3. The van der Waals surface area contributed by atoms with Gasteiger partial charge in [-0.3, -0.25) is 0 Å². The van der Waals surface area contributed by atoms with Crippen LogP contribution in [-0.4, -0.2) is 5.75 Å². The molecule has 0 nitrogen and oxygen atoms in total. The topological polar surface area (TPSA) is 0 Å². The minimum atomic E-state index is 0.917. The van der Waals surface area contributed by atoms with Crippen LogP contribution in [0, 0.1) is 11.8 Å². The molecule has 6 heavy (non-hydrogen) atoms. The molecule has 0 spiro atoms. The van der Waals surface area contributed by atoms with Gasteiger partial charge < -0.3 is 0 Å². The molecule has 1 heteroatoms. The maximum atomic E-state index is 4.82. The second kappa shape index (κ2) is 1.45. The Labute approximate surface area is 44.3 Å². The van der Waals surface area contributed by atoms with Crippen molar-refractivity contribution >= 4 is 12.6 Å². The average Bonchev–Trinajstić information content (AvgIpc) is 2.19. The smallest absolute Gasteiger partial charge is 0.00679 e. The Kier molecular flexibility index (Phi) is 1.09. The molecule has 0 aromatic carbocycles. The second-order valence-corrected chi connectivity index (χ2v) is 2.47. The minimum absolute atomic E-state index is 0.917. The van der Waals surface area contributed by atoms with Crippen molar-refractivity contribution in [2.45, 2.75) is 13.3 Å². The largest absolute Gasteiger partial charge is 0.0938 e. The van der Waals surface area contributed by atoms with Gasteiger partial charge in [0.15, 0.2) is 0 Å². The van der Waals surface area contributed by atoms with E-state index >= 15 is 0 Å². The van der Waals surface area contributed by atoms with Crippen LogP contribution in [-0.2, 0) is 0 Å². The van der Waals surface area contributed by atoms with E-state index in [2.05, 4.69) is 6.92 Å². The van der Waals surface area contributed by atoms with Crippen LogP contribution in [0.2, 0.25) is 0 Å². The van der Waals surface area contributed by atoms with Crippen molar-refractivity contribution in [2.24, 2.45) is 11.8 Å². The molecule has 1 saturated carbocycles. The molecule has 1 fully saturated rings. The third kappa shape index (κ3) is 0.700. The van der Waals surface area contributed by atoms with Gasteiger partial charge in [-0.15, -0.1) is 0 Å². The Bertz CT molecular complexity index is 49.9. The summed E-state index contributed by atoms with van der Waals surface area (Å²) < 4.78 is 0. The fourth-order valence-electron chi connectivity index (χ4n) is 0.631. The zero-order chi connectivity index (χ0) is 4.57. The van der Waals surface area contributed by atoms with Crippen LogP contribution in [0.15, 0.2) is 0 Å². The predicted molar refractivity (Wildman–Crippen MR) is 29.7 cm³/mol. The first-order valence-corrected chi connectivity index (χ1v) is 3.00. The van der Waals surface area contributed by atoms with Gasteiger partial charge in [-0.2, -0.15) is 0 Å². The van der Waals surface area contributed by atoms with Gasteiger partial charge in [0.2, 0.25) is 0 Å². The van der Waals surface area contributed by atoms with E-state index in [0.717, 1.165) is 17.6 Å². The molecular weight excluding hydrogens is 92.1 g/mol. The summed E-state index contributed by atoms with van der Waals surface area (Å²) in [7, 11) is 0. The lowest BCUT2D eigenvalue weighted by atomic mass is 10.4. The lowest BCUT2D eigenvalue weighted by Gasteiger charge is -1.77. The predicted octanol–water partition coefficient (Wildman–Crippen LogP) is 1.84. The van der Waals surface area contributed by atoms with E-state index in [1.54, 1.807) is 0 Å². The minimum Gasteiger partial charge on any atom is -0.0938 e. The average molecular weight is 101 g/mol. The summed E-state index contributed by atoms with van der Waals surface area (Å²) >= 11 is 4.82. The third-order valence-electron chi connectivity index (χ3n) is 1.49.